The minimum Gasteiger partial charge on any atom is -0.325 e. The van der Waals surface area contributed by atoms with Crippen LogP contribution in [0.15, 0.2) is 12.1 Å². The van der Waals surface area contributed by atoms with Crippen LogP contribution >= 0.6 is 11.6 Å². The lowest BCUT2D eigenvalue weighted by Gasteiger charge is -2.19. The topological polar surface area (TPSA) is 32.3 Å². The number of carbonyl (C=O) groups excluding carboxylic acids is 1. The Labute approximate surface area is 132 Å². The third-order valence-electron chi connectivity index (χ3n) is 4.05. The highest BCUT2D eigenvalue weighted by atomic mass is 35.5. The van der Waals surface area contributed by atoms with E-state index in [0.29, 0.717) is 11.4 Å². The lowest BCUT2D eigenvalue weighted by Crippen LogP contribution is -2.28. The van der Waals surface area contributed by atoms with E-state index in [1.807, 2.05) is 26.0 Å². The van der Waals surface area contributed by atoms with Crippen molar-refractivity contribution >= 4 is 23.2 Å². The van der Waals surface area contributed by atoms with E-state index in [4.69, 9.17) is 11.6 Å². The second-order valence-electron chi connectivity index (χ2n) is 5.99. The van der Waals surface area contributed by atoms with Gasteiger partial charge < -0.3 is 10.2 Å². The Morgan fingerprint density at radius 2 is 1.86 bits per heavy atom. The van der Waals surface area contributed by atoms with Crippen molar-refractivity contribution in [3.63, 3.8) is 0 Å². The summed E-state index contributed by atoms with van der Waals surface area (Å²) in [4.78, 5) is 14.5. The summed E-state index contributed by atoms with van der Waals surface area (Å²) in [6.07, 6.45) is 5.68. The van der Waals surface area contributed by atoms with Gasteiger partial charge in [0.15, 0.2) is 0 Å². The number of halogens is 1. The van der Waals surface area contributed by atoms with E-state index in [1.54, 1.807) is 0 Å². The Morgan fingerprint density at radius 3 is 2.48 bits per heavy atom. The first-order valence-corrected chi connectivity index (χ1v) is 8.23. The molecule has 3 nitrogen and oxygen atoms in total. The molecule has 21 heavy (non-hydrogen) atoms. The maximum Gasteiger partial charge on any atom is 0.225 e. The van der Waals surface area contributed by atoms with E-state index in [2.05, 4.69) is 10.2 Å². The summed E-state index contributed by atoms with van der Waals surface area (Å²) in [5, 5.41) is 3.58. The van der Waals surface area contributed by atoms with Crippen molar-refractivity contribution in [2.75, 3.05) is 25.0 Å². The molecule has 0 saturated carbocycles. The van der Waals surface area contributed by atoms with Crippen molar-refractivity contribution in [3.05, 3.63) is 28.3 Å². The summed E-state index contributed by atoms with van der Waals surface area (Å²) in [5.74, 6) is 0.0492. The molecule has 0 spiro atoms. The summed E-state index contributed by atoms with van der Waals surface area (Å²) in [6, 6.07) is 3.93. The molecule has 1 aromatic rings. The lowest BCUT2D eigenvalue weighted by atomic mass is 10.1. The summed E-state index contributed by atoms with van der Waals surface area (Å²) in [7, 11) is 0. The van der Waals surface area contributed by atoms with E-state index in [-0.39, 0.29) is 5.91 Å². The van der Waals surface area contributed by atoms with E-state index in [9.17, 15) is 4.79 Å². The Kier molecular flexibility index (Phi) is 6.07. The van der Waals surface area contributed by atoms with Crippen LogP contribution in [0.2, 0.25) is 5.02 Å². The van der Waals surface area contributed by atoms with Crippen LogP contribution in [0.5, 0.6) is 0 Å². The van der Waals surface area contributed by atoms with Gasteiger partial charge in [-0.05, 0) is 57.0 Å². The van der Waals surface area contributed by atoms with Gasteiger partial charge in [-0.2, -0.15) is 0 Å². The van der Waals surface area contributed by atoms with Gasteiger partial charge >= 0.3 is 0 Å². The SMILES string of the molecule is Cc1cc(C)c(NC(=O)CCN2CCCCCC2)c(Cl)c1. The summed E-state index contributed by atoms with van der Waals surface area (Å²) >= 11 is 6.22. The maximum absolute atomic E-state index is 12.1. The molecule has 0 atom stereocenters. The third kappa shape index (κ3) is 5.01. The fourth-order valence-electron chi connectivity index (χ4n) is 2.90. The first kappa shape index (κ1) is 16.3. The number of benzene rings is 1. The highest BCUT2D eigenvalue weighted by molar-refractivity contribution is 6.34. The molecule has 1 amide bonds. The van der Waals surface area contributed by atoms with Crippen LogP contribution in [0.1, 0.15) is 43.2 Å². The van der Waals surface area contributed by atoms with Gasteiger partial charge in [0, 0.05) is 13.0 Å². The number of amides is 1. The van der Waals surface area contributed by atoms with Crippen molar-refractivity contribution in [3.8, 4) is 0 Å². The zero-order chi connectivity index (χ0) is 15.2. The number of nitrogens with zero attached hydrogens (tertiary/aromatic N) is 1. The van der Waals surface area contributed by atoms with Gasteiger partial charge in [0.2, 0.25) is 5.91 Å². The molecule has 1 heterocycles. The van der Waals surface area contributed by atoms with Crippen LogP contribution in [0.4, 0.5) is 5.69 Å². The van der Waals surface area contributed by atoms with Crippen molar-refractivity contribution in [1.82, 2.24) is 4.90 Å². The van der Waals surface area contributed by atoms with Crippen LogP contribution in [0, 0.1) is 13.8 Å². The minimum atomic E-state index is 0.0492. The number of hydrogen-bond acceptors (Lipinski definition) is 2. The molecule has 1 aliphatic rings. The number of aryl methyl sites for hydroxylation is 2. The molecule has 0 unspecified atom stereocenters. The van der Waals surface area contributed by atoms with Gasteiger partial charge in [0.05, 0.1) is 10.7 Å². The summed E-state index contributed by atoms with van der Waals surface area (Å²) < 4.78 is 0. The van der Waals surface area contributed by atoms with E-state index >= 15 is 0 Å². The zero-order valence-corrected chi connectivity index (χ0v) is 13.8. The van der Waals surface area contributed by atoms with E-state index < -0.39 is 0 Å². The molecule has 1 N–H and O–H groups in total. The van der Waals surface area contributed by atoms with Gasteiger partial charge in [0.25, 0.3) is 0 Å². The normalized spacial score (nSPS) is 16.5. The molecular weight excluding hydrogens is 284 g/mol. The fourth-order valence-corrected chi connectivity index (χ4v) is 3.26. The number of carbonyl (C=O) groups is 1. The predicted molar refractivity (Wildman–Crippen MR) is 89.1 cm³/mol. The lowest BCUT2D eigenvalue weighted by molar-refractivity contribution is -0.116. The van der Waals surface area contributed by atoms with Crippen molar-refractivity contribution < 1.29 is 4.79 Å². The Morgan fingerprint density at radius 1 is 1.19 bits per heavy atom. The standard InChI is InChI=1S/C17H25ClN2O/c1-13-11-14(2)17(15(18)12-13)19-16(21)7-10-20-8-5-3-4-6-9-20/h11-12H,3-10H2,1-2H3,(H,19,21). The molecule has 0 radical (unpaired) electrons. The monoisotopic (exact) mass is 308 g/mol. The molecule has 1 saturated heterocycles. The maximum atomic E-state index is 12.1. The summed E-state index contributed by atoms with van der Waals surface area (Å²) in [6.45, 7) is 7.07. The highest BCUT2D eigenvalue weighted by Gasteiger charge is 2.13. The van der Waals surface area contributed by atoms with Gasteiger partial charge in [0.1, 0.15) is 0 Å². The van der Waals surface area contributed by atoms with E-state index in [1.165, 1.54) is 25.7 Å². The largest absolute Gasteiger partial charge is 0.325 e. The van der Waals surface area contributed by atoms with Crippen LogP contribution in [-0.2, 0) is 4.79 Å². The zero-order valence-electron chi connectivity index (χ0n) is 13.0. The molecule has 0 aliphatic carbocycles. The number of likely N-dealkylation sites (tertiary alicyclic amines) is 1. The first-order valence-electron chi connectivity index (χ1n) is 7.85. The van der Waals surface area contributed by atoms with Crippen LogP contribution in [0.25, 0.3) is 0 Å². The van der Waals surface area contributed by atoms with Gasteiger partial charge in [-0.1, -0.05) is 30.5 Å². The molecular formula is C17H25ClN2O. The third-order valence-corrected chi connectivity index (χ3v) is 4.35. The van der Waals surface area contributed by atoms with Crippen molar-refractivity contribution in [2.45, 2.75) is 46.0 Å². The molecule has 2 rings (SSSR count). The van der Waals surface area contributed by atoms with Gasteiger partial charge in [-0.15, -0.1) is 0 Å². The number of rotatable bonds is 4. The fraction of sp³-hybridized carbons (Fsp3) is 0.588. The highest BCUT2D eigenvalue weighted by Crippen LogP contribution is 2.27. The number of hydrogen-bond donors (Lipinski definition) is 1. The molecule has 1 aliphatic heterocycles. The van der Waals surface area contributed by atoms with Crippen LogP contribution < -0.4 is 5.32 Å². The summed E-state index contributed by atoms with van der Waals surface area (Å²) in [5.41, 5.74) is 2.88. The minimum absolute atomic E-state index is 0.0492. The Bertz CT molecular complexity index is 471. The second kappa shape index (κ2) is 7.81. The first-order chi connectivity index (χ1) is 10.1. The molecule has 0 bridgehead atoms. The Balaban J connectivity index is 1.87. The molecule has 4 heteroatoms. The van der Waals surface area contributed by atoms with Gasteiger partial charge in [-0.3, -0.25) is 4.79 Å². The van der Waals surface area contributed by atoms with E-state index in [0.717, 1.165) is 36.4 Å². The predicted octanol–water partition coefficient (Wildman–Crippen LogP) is 4.16. The smallest absolute Gasteiger partial charge is 0.225 e. The molecule has 1 aromatic carbocycles. The quantitative estimate of drug-likeness (QED) is 0.905. The Hall–Kier alpha value is -1.06. The van der Waals surface area contributed by atoms with Crippen molar-refractivity contribution in [2.24, 2.45) is 0 Å². The molecule has 0 aromatic heterocycles. The van der Waals surface area contributed by atoms with Crippen LogP contribution in [0.3, 0.4) is 0 Å². The second-order valence-corrected chi connectivity index (χ2v) is 6.40. The average Bonchev–Trinajstić information content (AvgIpc) is 2.69. The van der Waals surface area contributed by atoms with Crippen molar-refractivity contribution in [1.29, 1.82) is 0 Å². The molecule has 116 valence electrons. The van der Waals surface area contributed by atoms with Gasteiger partial charge in [-0.25, -0.2) is 0 Å². The number of anilines is 1. The average molecular weight is 309 g/mol. The number of nitrogens with one attached hydrogen (secondary N) is 1. The van der Waals surface area contributed by atoms with Crippen LogP contribution in [-0.4, -0.2) is 30.4 Å². The molecule has 1 fully saturated rings.